The van der Waals surface area contributed by atoms with Crippen molar-refractivity contribution in [2.24, 2.45) is 0 Å². The van der Waals surface area contributed by atoms with Gasteiger partial charge in [-0.05, 0) is 25.5 Å². The Kier molecular flexibility index (Phi) is 14.0. The Balaban J connectivity index is 0. The van der Waals surface area contributed by atoms with Crippen molar-refractivity contribution in [3.05, 3.63) is 24.0 Å². The molecule has 1 heterocycles. The minimum absolute atomic E-state index is 1.25. The Morgan fingerprint density at radius 2 is 1.92 bits per heavy atom. The number of rotatable bonds is 0. The number of terminal acetylenes is 1. The van der Waals surface area contributed by atoms with Crippen LogP contribution in [-0.2, 0) is 0 Å². The van der Waals surface area contributed by atoms with Crippen molar-refractivity contribution in [3.8, 4) is 12.3 Å². The molecule has 0 atom stereocenters. The lowest BCUT2D eigenvalue weighted by atomic mass is 10.4. The molecule has 0 saturated carbocycles. The number of hydrogen-bond donors (Lipinski definition) is 1. The summed E-state index contributed by atoms with van der Waals surface area (Å²) in [4.78, 5) is 2.93. The van der Waals surface area contributed by atoms with E-state index in [0.717, 1.165) is 0 Å². The second-order valence-electron chi connectivity index (χ2n) is 2.38. The molecule has 0 bridgehead atoms. The predicted octanol–water partition coefficient (Wildman–Crippen LogP) is 3.38. The fourth-order valence-corrected chi connectivity index (χ4v) is 0.407. The van der Waals surface area contributed by atoms with Crippen LogP contribution in [0, 0.1) is 19.3 Å². The van der Waals surface area contributed by atoms with Gasteiger partial charge < -0.3 is 4.98 Å². The van der Waals surface area contributed by atoms with Gasteiger partial charge in [0.25, 0.3) is 0 Å². The van der Waals surface area contributed by atoms with Gasteiger partial charge in [0.2, 0.25) is 0 Å². The van der Waals surface area contributed by atoms with Crippen LogP contribution in [0.3, 0.4) is 0 Å². The highest BCUT2D eigenvalue weighted by Crippen LogP contribution is 1.88. The van der Waals surface area contributed by atoms with Crippen LogP contribution >= 0.6 is 0 Å². The first kappa shape index (κ1) is 13.4. The van der Waals surface area contributed by atoms with Gasteiger partial charge in [0.15, 0.2) is 0 Å². The summed E-state index contributed by atoms with van der Waals surface area (Å²) < 4.78 is 0. The maximum atomic E-state index is 4.60. The van der Waals surface area contributed by atoms with E-state index in [0.29, 0.717) is 0 Å². The maximum absolute atomic E-state index is 4.60. The second kappa shape index (κ2) is 12.5. The summed E-state index contributed by atoms with van der Waals surface area (Å²) in [6, 6.07) is 2.03. The van der Waals surface area contributed by atoms with E-state index in [1.54, 1.807) is 6.92 Å². The normalized spacial score (nSPS) is 6.58. The highest BCUT2D eigenvalue weighted by molar-refractivity contribution is 5.03. The van der Waals surface area contributed by atoms with E-state index < -0.39 is 0 Å². The van der Waals surface area contributed by atoms with Crippen molar-refractivity contribution in [1.29, 1.82) is 0 Å². The lowest BCUT2D eigenvalue weighted by Gasteiger charge is -1.65. The van der Waals surface area contributed by atoms with Crippen LogP contribution in [0.2, 0.25) is 0 Å². The van der Waals surface area contributed by atoms with Gasteiger partial charge >= 0.3 is 0 Å². The number of aromatic nitrogens is 1. The molecule has 0 aliphatic heterocycles. The van der Waals surface area contributed by atoms with Gasteiger partial charge in [0.1, 0.15) is 0 Å². The highest BCUT2D eigenvalue weighted by atomic mass is 14.6. The Morgan fingerprint density at radius 1 is 1.50 bits per heavy atom. The fourth-order valence-electron chi connectivity index (χ4n) is 0.407. The van der Waals surface area contributed by atoms with Gasteiger partial charge in [-0.1, -0.05) is 20.3 Å². The molecule has 0 aromatic carbocycles. The van der Waals surface area contributed by atoms with E-state index in [2.05, 4.69) is 38.1 Å². The minimum atomic E-state index is 1.25. The topological polar surface area (TPSA) is 15.8 Å². The molecule has 0 radical (unpaired) electrons. The third-order valence-electron chi connectivity index (χ3n) is 0.753. The Bertz CT molecular complexity index is 179. The van der Waals surface area contributed by atoms with Crippen molar-refractivity contribution in [2.75, 3.05) is 0 Å². The molecule has 1 aromatic rings. The van der Waals surface area contributed by atoms with Crippen molar-refractivity contribution >= 4 is 0 Å². The van der Waals surface area contributed by atoms with E-state index in [9.17, 15) is 0 Å². The molecule has 68 valence electrons. The standard InChI is InChI=1S/C5H7N.C3H8.C3H4/c1-5-2-3-6-4-5;2*1-3-2/h2-4,6H,1H3;3H2,1-2H3;1H,2H3. The molecular formula is C11H19N. The van der Waals surface area contributed by atoms with Gasteiger partial charge in [-0.25, -0.2) is 0 Å². The average Bonchev–Trinajstić information content (AvgIpc) is 2.43. The Hall–Kier alpha value is -1.16. The molecule has 1 rings (SSSR count). The van der Waals surface area contributed by atoms with E-state index in [-0.39, 0.29) is 0 Å². The first-order valence-corrected chi connectivity index (χ1v) is 4.19. The van der Waals surface area contributed by atoms with Gasteiger partial charge in [0, 0.05) is 12.4 Å². The molecule has 0 aliphatic carbocycles. The Morgan fingerprint density at radius 3 is 2.00 bits per heavy atom. The Labute approximate surface area is 76.2 Å². The molecule has 12 heavy (non-hydrogen) atoms. The summed E-state index contributed by atoms with van der Waals surface area (Å²) >= 11 is 0. The number of hydrogen-bond acceptors (Lipinski definition) is 0. The quantitative estimate of drug-likeness (QED) is 0.567. The average molecular weight is 165 g/mol. The SMILES string of the molecule is C#CC.CCC.Cc1cc[nH]c1. The van der Waals surface area contributed by atoms with Crippen molar-refractivity contribution in [3.63, 3.8) is 0 Å². The first-order chi connectivity index (χ1) is 5.72. The van der Waals surface area contributed by atoms with Crippen LogP contribution in [-0.4, -0.2) is 4.98 Å². The van der Waals surface area contributed by atoms with Gasteiger partial charge in [0.05, 0.1) is 0 Å². The predicted molar refractivity (Wildman–Crippen MR) is 56.0 cm³/mol. The fraction of sp³-hybridized carbons (Fsp3) is 0.455. The number of aryl methyl sites for hydroxylation is 1. The summed E-state index contributed by atoms with van der Waals surface area (Å²) in [7, 11) is 0. The number of nitrogens with one attached hydrogen (secondary N) is 1. The van der Waals surface area contributed by atoms with Crippen molar-refractivity contribution in [1.82, 2.24) is 4.98 Å². The van der Waals surface area contributed by atoms with Crippen LogP contribution in [0.1, 0.15) is 32.8 Å². The lowest BCUT2D eigenvalue weighted by Crippen LogP contribution is -1.50. The summed E-state index contributed by atoms with van der Waals surface area (Å²) in [5.74, 6) is 2.25. The van der Waals surface area contributed by atoms with Crippen LogP contribution in [0.25, 0.3) is 0 Å². The summed E-state index contributed by atoms with van der Waals surface area (Å²) in [5.41, 5.74) is 1.29. The van der Waals surface area contributed by atoms with Crippen molar-refractivity contribution in [2.45, 2.75) is 34.1 Å². The van der Waals surface area contributed by atoms with Gasteiger partial charge in [-0.15, -0.1) is 12.3 Å². The molecular weight excluding hydrogens is 146 g/mol. The molecule has 0 aliphatic rings. The molecule has 0 spiro atoms. The van der Waals surface area contributed by atoms with Crippen molar-refractivity contribution < 1.29 is 0 Å². The summed E-state index contributed by atoms with van der Waals surface area (Å²) in [6.45, 7) is 7.95. The van der Waals surface area contributed by atoms with E-state index in [4.69, 9.17) is 0 Å². The van der Waals surface area contributed by atoms with Crippen LogP contribution < -0.4 is 0 Å². The van der Waals surface area contributed by atoms with E-state index in [1.165, 1.54) is 12.0 Å². The summed E-state index contributed by atoms with van der Waals surface area (Å²) in [6.07, 6.45) is 9.72. The monoisotopic (exact) mass is 165 g/mol. The van der Waals surface area contributed by atoms with Gasteiger partial charge in [-0.2, -0.15) is 0 Å². The second-order valence-corrected chi connectivity index (χ2v) is 2.38. The van der Waals surface area contributed by atoms with Gasteiger partial charge in [-0.3, -0.25) is 0 Å². The minimum Gasteiger partial charge on any atom is -0.367 e. The highest BCUT2D eigenvalue weighted by Gasteiger charge is 1.73. The molecule has 0 fully saturated rings. The molecule has 1 heteroatoms. The third kappa shape index (κ3) is 15.9. The molecule has 0 saturated heterocycles. The zero-order chi connectivity index (χ0) is 9.82. The zero-order valence-electron chi connectivity index (χ0n) is 8.52. The molecule has 0 unspecified atom stereocenters. The summed E-state index contributed by atoms with van der Waals surface area (Å²) in [5, 5.41) is 0. The first-order valence-electron chi connectivity index (χ1n) is 4.19. The van der Waals surface area contributed by atoms with E-state index >= 15 is 0 Å². The number of aromatic amines is 1. The third-order valence-corrected chi connectivity index (χ3v) is 0.753. The van der Waals surface area contributed by atoms with Crippen LogP contribution in [0.15, 0.2) is 18.5 Å². The zero-order valence-corrected chi connectivity index (χ0v) is 8.52. The molecule has 1 nitrogen and oxygen atoms in total. The van der Waals surface area contributed by atoms with E-state index in [1.807, 2.05) is 18.5 Å². The van der Waals surface area contributed by atoms with Crippen LogP contribution in [0.4, 0.5) is 0 Å². The largest absolute Gasteiger partial charge is 0.367 e. The maximum Gasteiger partial charge on any atom is 0.00345 e. The number of H-pyrrole nitrogens is 1. The van der Waals surface area contributed by atoms with Crippen LogP contribution in [0.5, 0.6) is 0 Å². The smallest absolute Gasteiger partial charge is 0.00345 e. The lowest BCUT2D eigenvalue weighted by molar-refractivity contribution is 1.09. The molecule has 1 aromatic heterocycles. The molecule has 1 N–H and O–H groups in total. The molecule has 0 amide bonds.